The highest BCUT2D eigenvalue weighted by atomic mass is 79.9. The summed E-state index contributed by atoms with van der Waals surface area (Å²) in [5.41, 5.74) is 3.32. The Kier molecular flexibility index (Phi) is 6.91. The van der Waals surface area contributed by atoms with Gasteiger partial charge in [0.1, 0.15) is 0 Å². The minimum atomic E-state index is 0.692. The van der Waals surface area contributed by atoms with Gasteiger partial charge < -0.3 is 0 Å². The average molecular weight is 402 g/mol. The third-order valence-electron chi connectivity index (χ3n) is 3.28. The molecule has 0 fully saturated rings. The van der Waals surface area contributed by atoms with Crippen LogP contribution in [0.3, 0.4) is 0 Å². The van der Waals surface area contributed by atoms with Crippen molar-refractivity contribution in [2.75, 3.05) is 0 Å². The van der Waals surface area contributed by atoms with Crippen molar-refractivity contribution in [3.05, 3.63) is 93.4 Å². The number of hydrogen-bond acceptors (Lipinski definition) is 2. The summed E-state index contributed by atoms with van der Waals surface area (Å²) in [6.07, 6.45) is 1.69. The van der Waals surface area contributed by atoms with Gasteiger partial charge >= 0.3 is 0 Å². The number of carbonyl (C=O) groups is 2. The smallest absolute Gasteiger partial charge is 0.151 e. The van der Waals surface area contributed by atoms with Crippen molar-refractivity contribution in [3.63, 3.8) is 0 Å². The maximum atomic E-state index is 10.8. The highest BCUT2D eigenvalue weighted by Crippen LogP contribution is 2.23. The predicted molar refractivity (Wildman–Crippen MR) is 102 cm³/mol. The van der Waals surface area contributed by atoms with Crippen LogP contribution in [-0.2, 0) is 0 Å². The molecule has 120 valence electrons. The second kappa shape index (κ2) is 9.16. The summed E-state index contributed by atoms with van der Waals surface area (Å²) in [6, 6.07) is 22.2. The molecule has 0 spiro atoms. The molecule has 0 saturated heterocycles. The molecule has 0 aliphatic heterocycles. The zero-order chi connectivity index (χ0) is 17.4. The highest BCUT2D eigenvalue weighted by Gasteiger charge is 2.02. The molecule has 0 bridgehead atoms. The monoisotopic (exact) mass is 400 g/mol. The molecule has 0 unspecified atom stereocenters. The SMILES string of the molecule is O=Cc1ccccc1-c1ccc(Cl)cc1.O=Cc1ccccc1Br. The lowest BCUT2D eigenvalue weighted by molar-refractivity contribution is 0.111. The van der Waals surface area contributed by atoms with Crippen LogP contribution in [0.5, 0.6) is 0 Å². The summed E-state index contributed by atoms with van der Waals surface area (Å²) in [5, 5.41) is 0.697. The predicted octanol–water partition coefficient (Wildman–Crippen LogP) is 6.08. The van der Waals surface area contributed by atoms with Crippen LogP contribution in [-0.4, -0.2) is 12.6 Å². The van der Waals surface area contributed by atoms with Crippen LogP contribution in [0.25, 0.3) is 11.1 Å². The summed E-state index contributed by atoms with van der Waals surface area (Å²) in [5.74, 6) is 0. The van der Waals surface area contributed by atoms with Crippen molar-refractivity contribution < 1.29 is 9.59 Å². The van der Waals surface area contributed by atoms with E-state index >= 15 is 0 Å². The summed E-state index contributed by atoms with van der Waals surface area (Å²) in [6.45, 7) is 0. The first kappa shape index (κ1) is 18.1. The second-order valence-corrected chi connectivity index (χ2v) is 6.14. The first-order valence-corrected chi connectivity index (χ1v) is 8.32. The van der Waals surface area contributed by atoms with Crippen molar-refractivity contribution in [2.45, 2.75) is 0 Å². The maximum absolute atomic E-state index is 10.8. The van der Waals surface area contributed by atoms with Crippen molar-refractivity contribution in [3.8, 4) is 11.1 Å². The van der Waals surface area contributed by atoms with E-state index in [9.17, 15) is 9.59 Å². The fourth-order valence-corrected chi connectivity index (χ4v) is 2.57. The normalized spacial score (nSPS) is 9.58. The van der Waals surface area contributed by atoms with Gasteiger partial charge in [-0.05, 0) is 29.3 Å². The molecule has 0 aromatic heterocycles. The zero-order valence-corrected chi connectivity index (χ0v) is 15.0. The van der Waals surface area contributed by atoms with Crippen LogP contribution in [0.15, 0.2) is 77.3 Å². The quantitative estimate of drug-likeness (QED) is 0.498. The van der Waals surface area contributed by atoms with Gasteiger partial charge in [-0.15, -0.1) is 0 Å². The molecule has 2 nitrogen and oxygen atoms in total. The van der Waals surface area contributed by atoms with E-state index in [1.165, 1.54) is 0 Å². The van der Waals surface area contributed by atoms with Gasteiger partial charge in [0.25, 0.3) is 0 Å². The van der Waals surface area contributed by atoms with Crippen molar-refractivity contribution >= 4 is 40.1 Å². The standard InChI is InChI=1S/C13H9ClO.C7H5BrO/c14-12-7-5-10(6-8-12)13-4-2-1-3-11(13)9-15;8-7-4-2-1-3-6(7)5-9/h1-9H;1-5H. The van der Waals surface area contributed by atoms with Gasteiger partial charge in [0.2, 0.25) is 0 Å². The van der Waals surface area contributed by atoms with Crippen LogP contribution in [0.1, 0.15) is 20.7 Å². The number of rotatable bonds is 3. The topological polar surface area (TPSA) is 34.1 Å². The van der Waals surface area contributed by atoms with Crippen LogP contribution in [0, 0.1) is 0 Å². The number of carbonyl (C=O) groups excluding carboxylic acids is 2. The molecule has 0 aliphatic carbocycles. The van der Waals surface area contributed by atoms with E-state index in [0.717, 1.165) is 28.2 Å². The van der Waals surface area contributed by atoms with E-state index in [4.69, 9.17) is 11.6 Å². The van der Waals surface area contributed by atoms with E-state index in [-0.39, 0.29) is 0 Å². The molecule has 0 amide bonds. The number of aldehydes is 2. The molecule has 0 saturated carbocycles. The molecule has 0 N–H and O–H groups in total. The first-order chi connectivity index (χ1) is 11.7. The Labute approximate surface area is 154 Å². The van der Waals surface area contributed by atoms with Crippen LogP contribution >= 0.6 is 27.5 Å². The lowest BCUT2D eigenvalue weighted by atomic mass is 10.0. The molecular formula is C20H14BrClO2. The minimum Gasteiger partial charge on any atom is -0.298 e. The van der Waals surface area contributed by atoms with Crippen molar-refractivity contribution in [1.29, 1.82) is 0 Å². The minimum absolute atomic E-state index is 0.692. The van der Waals surface area contributed by atoms with E-state index in [0.29, 0.717) is 16.1 Å². The second-order valence-electron chi connectivity index (χ2n) is 4.85. The maximum Gasteiger partial charge on any atom is 0.151 e. The van der Waals surface area contributed by atoms with Gasteiger partial charge in [-0.2, -0.15) is 0 Å². The number of halogens is 2. The Hall–Kier alpha value is -2.23. The van der Waals surface area contributed by atoms with E-state index in [2.05, 4.69) is 15.9 Å². The Bertz CT molecular complexity index is 829. The Balaban J connectivity index is 0.000000198. The third kappa shape index (κ3) is 4.88. The molecule has 0 aliphatic rings. The first-order valence-electron chi connectivity index (χ1n) is 7.15. The van der Waals surface area contributed by atoms with E-state index in [1.807, 2.05) is 60.7 Å². The number of hydrogen-bond donors (Lipinski definition) is 0. The lowest BCUT2D eigenvalue weighted by Crippen LogP contribution is -1.86. The molecule has 0 heterocycles. The van der Waals surface area contributed by atoms with E-state index < -0.39 is 0 Å². The van der Waals surface area contributed by atoms with Gasteiger partial charge in [0.15, 0.2) is 12.6 Å². The summed E-state index contributed by atoms with van der Waals surface area (Å²) >= 11 is 9.03. The molecule has 3 rings (SSSR count). The largest absolute Gasteiger partial charge is 0.298 e. The highest BCUT2D eigenvalue weighted by molar-refractivity contribution is 9.10. The fourth-order valence-electron chi connectivity index (χ4n) is 2.06. The fraction of sp³-hybridized carbons (Fsp3) is 0. The summed E-state index contributed by atoms with van der Waals surface area (Å²) in [7, 11) is 0. The van der Waals surface area contributed by atoms with Crippen molar-refractivity contribution in [1.82, 2.24) is 0 Å². The molecule has 24 heavy (non-hydrogen) atoms. The Morgan fingerprint density at radius 3 is 1.79 bits per heavy atom. The molecule has 4 heteroatoms. The Morgan fingerprint density at radius 1 is 0.708 bits per heavy atom. The van der Waals surface area contributed by atoms with Gasteiger partial charge in [-0.3, -0.25) is 9.59 Å². The Morgan fingerprint density at radius 2 is 1.25 bits per heavy atom. The van der Waals surface area contributed by atoms with Crippen molar-refractivity contribution in [2.24, 2.45) is 0 Å². The van der Waals surface area contributed by atoms with Crippen LogP contribution in [0.4, 0.5) is 0 Å². The van der Waals surface area contributed by atoms with E-state index in [1.54, 1.807) is 12.1 Å². The molecule has 0 radical (unpaired) electrons. The third-order valence-corrected chi connectivity index (χ3v) is 4.25. The van der Waals surface area contributed by atoms with Gasteiger partial charge in [0, 0.05) is 20.6 Å². The van der Waals surface area contributed by atoms with Crippen LogP contribution < -0.4 is 0 Å². The lowest BCUT2D eigenvalue weighted by Gasteiger charge is -2.04. The summed E-state index contributed by atoms with van der Waals surface area (Å²) in [4.78, 5) is 21.0. The molecule has 0 atom stereocenters. The zero-order valence-electron chi connectivity index (χ0n) is 12.7. The van der Waals surface area contributed by atoms with Gasteiger partial charge in [-0.25, -0.2) is 0 Å². The molecule has 3 aromatic carbocycles. The molecule has 3 aromatic rings. The molecular weight excluding hydrogens is 388 g/mol. The van der Waals surface area contributed by atoms with Gasteiger partial charge in [-0.1, -0.05) is 82.1 Å². The van der Waals surface area contributed by atoms with Gasteiger partial charge in [0.05, 0.1) is 0 Å². The number of benzene rings is 3. The summed E-state index contributed by atoms with van der Waals surface area (Å²) < 4.78 is 0.847. The van der Waals surface area contributed by atoms with Crippen LogP contribution in [0.2, 0.25) is 5.02 Å². The average Bonchev–Trinajstić information content (AvgIpc) is 2.63.